The topological polar surface area (TPSA) is 42.1 Å². The second kappa shape index (κ2) is 5.12. The number of likely N-dealkylation sites (N-methyl/N-ethyl adjacent to an activating group) is 1. The van der Waals surface area contributed by atoms with Gasteiger partial charge in [0, 0.05) is 37.2 Å². The smallest absolute Gasteiger partial charge is 0.0449 e. The van der Waals surface area contributed by atoms with E-state index in [2.05, 4.69) is 43.8 Å². The summed E-state index contributed by atoms with van der Waals surface area (Å²) in [4.78, 5) is 6.54. The molecule has 2 N–H and O–H groups in total. The first-order chi connectivity index (χ1) is 7.06. The van der Waals surface area contributed by atoms with E-state index >= 15 is 0 Å². The van der Waals surface area contributed by atoms with E-state index in [9.17, 15) is 0 Å². The van der Waals surface area contributed by atoms with Crippen molar-refractivity contribution in [3.8, 4) is 0 Å². The van der Waals surface area contributed by atoms with Crippen LogP contribution in [0.3, 0.4) is 0 Å². The second-order valence-corrected chi connectivity index (χ2v) is 4.29. The molecule has 0 saturated carbocycles. The highest BCUT2D eigenvalue weighted by Crippen LogP contribution is 2.19. The van der Waals surface area contributed by atoms with Gasteiger partial charge in [-0.25, -0.2) is 0 Å². The molecule has 0 radical (unpaired) electrons. The van der Waals surface area contributed by atoms with Crippen molar-refractivity contribution in [1.29, 1.82) is 0 Å². The van der Waals surface area contributed by atoms with Crippen LogP contribution in [0.25, 0.3) is 0 Å². The Morgan fingerprint density at radius 3 is 2.60 bits per heavy atom. The van der Waals surface area contributed by atoms with Crippen LogP contribution in [0.4, 0.5) is 5.69 Å². The van der Waals surface area contributed by atoms with E-state index in [-0.39, 0.29) is 0 Å². The molecule has 15 heavy (non-hydrogen) atoms. The average Bonchev–Trinajstić information content (AvgIpc) is 2.27. The van der Waals surface area contributed by atoms with E-state index in [1.165, 1.54) is 5.69 Å². The molecule has 0 aromatic carbocycles. The third-order valence-electron chi connectivity index (χ3n) is 2.77. The summed E-state index contributed by atoms with van der Waals surface area (Å²) in [5.74, 6) is 0.464. The second-order valence-electron chi connectivity index (χ2n) is 4.29. The van der Waals surface area contributed by atoms with Gasteiger partial charge in [-0.05, 0) is 25.0 Å². The normalized spacial score (nSPS) is 12.9. The van der Waals surface area contributed by atoms with Crippen molar-refractivity contribution >= 4 is 5.69 Å². The lowest BCUT2D eigenvalue weighted by Gasteiger charge is -2.26. The molecule has 0 amide bonds. The summed E-state index contributed by atoms with van der Waals surface area (Å²) in [5.41, 5.74) is 7.97. The standard InChI is InChI=1S/C12H21N3/c1-9(2)12-7-11(5-6-14-12)15(4)10(3)8-13/h5-7,9-10H,8,13H2,1-4H3. The molecule has 0 bridgehead atoms. The highest BCUT2D eigenvalue weighted by Gasteiger charge is 2.09. The third kappa shape index (κ3) is 2.93. The van der Waals surface area contributed by atoms with Crippen molar-refractivity contribution < 1.29 is 0 Å². The summed E-state index contributed by atoms with van der Waals surface area (Å²) in [6.07, 6.45) is 1.87. The summed E-state index contributed by atoms with van der Waals surface area (Å²) in [6, 6.07) is 4.52. The van der Waals surface area contributed by atoms with Crippen LogP contribution in [0.15, 0.2) is 18.3 Å². The molecule has 0 saturated heterocycles. The molecule has 1 aromatic rings. The van der Waals surface area contributed by atoms with Crippen LogP contribution in [0.2, 0.25) is 0 Å². The van der Waals surface area contributed by atoms with E-state index in [4.69, 9.17) is 5.73 Å². The molecule has 0 aliphatic carbocycles. The van der Waals surface area contributed by atoms with Crippen molar-refractivity contribution in [3.05, 3.63) is 24.0 Å². The molecule has 3 nitrogen and oxygen atoms in total. The maximum Gasteiger partial charge on any atom is 0.0449 e. The molecule has 0 spiro atoms. The molecule has 1 rings (SSSR count). The number of nitrogens with two attached hydrogens (primary N) is 1. The Bertz CT molecular complexity index is 309. The van der Waals surface area contributed by atoms with Crippen molar-refractivity contribution in [2.24, 2.45) is 5.73 Å². The number of aromatic nitrogens is 1. The van der Waals surface area contributed by atoms with Crippen LogP contribution in [0, 0.1) is 0 Å². The first-order valence-electron chi connectivity index (χ1n) is 5.45. The minimum Gasteiger partial charge on any atom is -0.371 e. The lowest BCUT2D eigenvalue weighted by atomic mass is 10.1. The van der Waals surface area contributed by atoms with Gasteiger partial charge in [-0.1, -0.05) is 13.8 Å². The molecule has 0 aliphatic heterocycles. The van der Waals surface area contributed by atoms with Gasteiger partial charge in [-0.15, -0.1) is 0 Å². The molecule has 1 unspecified atom stereocenters. The predicted molar refractivity (Wildman–Crippen MR) is 65.2 cm³/mol. The van der Waals surface area contributed by atoms with Crippen LogP contribution in [0.1, 0.15) is 32.4 Å². The van der Waals surface area contributed by atoms with E-state index in [1.807, 2.05) is 12.3 Å². The lowest BCUT2D eigenvalue weighted by Crippen LogP contribution is -2.35. The zero-order chi connectivity index (χ0) is 11.4. The Hall–Kier alpha value is -1.09. The summed E-state index contributed by atoms with van der Waals surface area (Å²) >= 11 is 0. The van der Waals surface area contributed by atoms with E-state index in [0.717, 1.165) is 5.69 Å². The zero-order valence-corrected chi connectivity index (χ0v) is 10.1. The van der Waals surface area contributed by atoms with Gasteiger partial charge in [0.1, 0.15) is 0 Å². The third-order valence-corrected chi connectivity index (χ3v) is 2.77. The van der Waals surface area contributed by atoms with Gasteiger partial charge in [-0.3, -0.25) is 4.98 Å². The van der Waals surface area contributed by atoms with Gasteiger partial charge in [0.15, 0.2) is 0 Å². The number of pyridine rings is 1. The van der Waals surface area contributed by atoms with Crippen LogP contribution < -0.4 is 10.6 Å². The molecule has 84 valence electrons. The minimum atomic E-state index is 0.354. The van der Waals surface area contributed by atoms with Crippen molar-refractivity contribution in [2.75, 3.05) is 18.5 Å². The molecule has 3 heteroatoms. The average molecular weight is 207 g/mol. The maximum absolute atomic E-state index is 5.65. The fraction of sp³-hybridized carbons (Fsp3) is 0.583. The van der Waals surface area contributed by atoms with Crippen LogP contribution in [-0.4, -0.2) is 24.6 Å². The lowest BCUT2D eigenvalue weighted by molar-refractivity contribution is 0.693. The fourth-order valence-electron chi connectivity index (χ4n) is 1.38. The first-order valence-corrected chi connectivity index (χ1v) is 5.45. The molecule has 1 aromatic heterocycles. The Balaban J connectivity index is 2.90. The largest absolute Gasteiger partial charge is 0.371 e. The van der Waals surface area contributed by atoms with Crippen LogP contribution in [0.5, 0.6) is 0 Å². The summed E-state index contributed by atoms with van der Waals surface area (Å²) in [6.45, 7) is 7.09. The SMILES string of the molecule is CC(C)c1cc(N(C)C(C)CN)ccn1. The maximum atomic E-state index is 5.65. The summed E-state index contributed by atoms with van der Waals surface area (Å²) < 4.78 is 0. The van der Waals surface area contributed by atoms with Crippen LogP contribution in [-0.2, 0) is 0 Å². The zero-order valence-electron chi connectivity index (χ0n) is 10.1. The molecular weight excluding hydrogens is 186 g/mol. The number of hydrogen-bond donors (Lipinski definition) is 1. The number of anilines is 1. The number of rotatable bonds is 4. The van der Waals surface area contributed by atoms with Gasteiger partial charge in [-0.2, -0.15) is 0 Å². The van der Waals surface area contributed by atoms with Crippen molar-refractivity contribution in [2.45, 2.75) is 32.7 Å². The monoisotopic (exact) mass is 207 g/mol. The first kappa shape index (κ1) is 12.0. The van der Waals surface area contributed by atoms with Crippen molar-refractivity contribution in [3.63, 3.8) is 0 Å². The van der Waals surface area contributed by atoms with E-state index in [0.29, 0.717) is 18.5 Å². The Morgan fingerprint density at radius 1 is 1.40 bits per heavy atom. The van der Waals surface area contributed by atoms with Crippen molar-refractivity contribution in [1.82, 2.24) is 4.98 Å². The van der Waals surface area contributed by atoms with Crippen LogP contribution >= 0.6 is 0 Å². The van der Waals surface area contributed by atoms with E-state index < -0.39 is 0 Å². The van der Waals surface area contributed by atoms with Gasteiger partial charge in [0.2, 0.25) is 0 Å². The number of hydrogen-bond acceptors (Lipinski definition) is 3. The highest BCUT2D eigenvalue weighted by molar-refractivity contribution is 5.47. The van der Waals surface area contributed by atoms with E-state index in [1.54, 1.807) is 0 Å². The van der Waals surface area contributed by atoms with Gasteiger partial charge >= 0.3 is 0 Å². The Morgan fingerprint density at radius 2 is 2.07 bits per heavy atom. The summed E-state index contributed by atoms with van der Waals surface area (Å²) in [7, 11) is 2.07. The molecule has 1 atom stereocenters. The van der Waals surface area contributed by atoms with Gasteiger partial charge in [0.05, 0.1) is 0 Å². The summed E-state index contributed by atoms with van der Waals surface area (Å²) in [5, 5.41) is 0. The van der Waals surface area contributed by atoms with Gasteiger partial charge in [0.25, 0.3) is 0 Å². The minimum absolute atomic E-state index is 0.354. The predicted octanol–water partition coefficient (Wildman–Crippen LogP) is 1.99. The molecule has 0 aliphatic rings. The Kier molecular flexibility index (Phi) is 4.09. The fourth-order valence-corrected chi connectivity index (χ4v) is 1.38. The number of nitrogens with zero attached hydrogens (tertiary/aromatic N) is 2. The molecule has 1 heterocycles. The quantitative estimate of drug-likeness (QED) is 0.821. The molecular formula is C12H21N3. The van der Waals surface area contributed by atoms with Gasteiger partial charge < -0.3 is 10.6 Å². The highest BCUT2D eigenvalue weighted by atomic mass is 15.1. The molecule has 0 fully saturated rings. The Labute approximate surface area is 92.3 Å².